The standard InChI is InChI=1S/C24H22N2O/c1-26(2)23-16-13-21(14-17-23)19-27-25-24(22-11-7-4-8-12-22)18-15-20-9-5-3-6-10-20/h3-14,16-17H,19H2,1-2H3/b25-24-. The second-order valence-electron chi connectivity index (χ2n) is 6.26. The van der Waals surface area contributed by atoms with E-state index in [4.69, 9.17) is 4.84 Å². The lowest BCUT2D eigenvalue weighted by Crippen LogP contribution is -2.08. The molecule has 0 N–H and O–H groups in total. The summed E-state index contributed by atoms with van der Waals surface area (Å²) >= 11 is 0. The number of anilines is 1. The molecule has 3 nitrogen and oxygen atoms in total. The van der Waals surface area contributed by atoms with Crippen LogP contribution >= 0.6 is 0 Å². The van der Waals surface area contributed by atoms with E-state index in [0.717, 1.165) is 22.4 Å². The molecular weight excluding hydrogens is 332 g/mol. The molecule has 0 aromatic heterocycles. The van der Waals surface area contributed by atoms with Crippen LogP contribution in [0.4, 0.5) is 5.69 Å². The average Bonchev–Trinajstić information content (AvgIpc) is 2.72. The van der Waals surface area contributed by atoms with E-state index in [1.165, 1.54) is 0 Å². The van der Waals surface area contributed by atoms with Crippen molar-refractivity contribution < 1.29 is 4.84 Å². The summed E-state index contributed by atoms with van der Waals surface area (Å²) in [6, 6.07) is 27.9. The number of benzene rings is 3. The predicted octanol–water partition coefficient (Wildman–Crippen LogP) is 4.73. The summed E-state index contributed by atoms with van der Waals surface area (Å²) in [5.74, 6) is 6.28. The number of hydrogen-bond acceptors (Lipinski definition) is 3. The largest absolute Gasteiger partial charge is 0.390 e. The lowest BCUT2D eigenvalue weighted by molar-refractivity contribution is 0.131. The second kappa shape index (κ2) is 9.26. The molecule has 0 spiro atoms. The zero-order valence-electron chi connectivity index (χ0n) is 15.6. The van der Waals surface area contributed by atoms with Gasteiger partial charge in [0.15, 0.2) is 5.71 Å². The van der Waals surface area contributed by atoms with Crippen molar-refractivity contribution in [2.45, 2.75) is 6.61 Å². The van der Waals surface area contributed by atoms with Gasteiger partial charge in [-0.2, -0.15) is 0 Å². The van der Waals surface area contributed by atoms with Gasteiger partial charge in [-0.25, -0.2) is 0 Å². The van der Waals surface area contributed by atoms with Gasteiger partial charge in [-0.3, -0.25) is 0 Å². The van der Waals surface area contributed by atoms with Gasteiger partial charge < -0.3 is 9.74 Å². The first-order valence-corrected chi connectivity index (χ1v) is 8.81. The van der Waals surface area contributed by atoms with Gasteiger partial charge in [-0.15, -0.1) is 0 Å². The third-order valence-corrected chi connectivity index (χ3v) is 3.99. The van der Waals surface area contributed by atoms with Crippen molar-refractivity contribution in [3.05, 3.63) is 102 Å². The molecule has 3 heteroatoms. The van der Waals surface area contributed by atoms with Gasteiger partial charge in [-0.05, 0) is 35.7 Å². The Kier molecular flexibility index (Phi) is 6.27. The Bertz CT molecular complexity index is 934. The van der Waals surface area contributed by atoms with Gasteiger partial charge in [0.1, 0.15) is 6.61 Å². The van der Waals surface area contributed by atoms with Gasteiger partial charge in [-0.1, -0.05) is 71.7 Å². The minimum absolute atomic E-state index is 0.400. The van der Waals surface area contributed by atoms with Crippen molar-refractivity contribution in [1.82, 2.24) is 0 Å². The maximum atomic E-state index is 5.60. The molecule has 3 aromatic rings. The summed E-state index contributed by atoms with van der Waals surface area (Å²) in [4.78, 5) is 7.66. The normalized spacial score (nSPS) is 10.7. The molecule has 0 amide bonds. The van der Waals surface area contributed by atoms with Crippen LogP contribution < -0.4 is 4.90 Å². The van der Waals surface area contributed by atoms with Crippen LogP contribution in [0.15, 0.2) is 90.1 Å². The molecule has 0 unspecified atom stereocenters. The summed E-state index contributed by atoms with van der Waals surface area (Å²) in [5, 5.41) is 4.29. The lowest BCUT2D eigenvalue weighted by atomic mass is 10.1. The van der Waals surface area contributed by atoms with Gasteiger partial charge >= 0.3 is 0 Å². The van der Waals surface area contributed by atoms with E-state index in [2.05, 4.69) is 34.0 Å². The van der Waals surface area contributed by atoms with Crippen LogP contribution in [-0.4, -0.2) is 19.8 Å². The number of oxime groups is 1. The van der Waals surface area contributed by atoms with Gasteiger partial charge in [0.25, 0.3) is 0 Å². The van der Waals surface area contributed by atoms with Crippen molar-refractivity contribution in [2.24, 2.45) is 5.16 Å². The molecule has 0 saturated heterocycles. The molecule has 0 atom stereocenters. The first-order chi connectivity index (χ1) is 13.2. The van der Waals surface area contributed by atoms with E-state index < -0.39 is 0 Å². The van der Waals surface area contributed by atoms with Crippen LogP contribution in [0.25, 0.3) is 0 Å². The molecule has 3 rings (SSSR count). The average molecular weight is 354 g/mol. The third kappa shape index (κ3) is 5.49. The Balaban J connectivity index is 1.75. The molecule has 0 radical (unpaired) electrons. The molecular formula is C24H22N2O. The van der Waals surface area contributed by atoms with Crippen molar-refractivity contribution in [3.63, 3.8) is 0 Å². The van der Waals surface area contributed by atoms with E-state index in [-0.39, 0.29) is 0 Å². The van der Waals surface area contributed by atoms with Crippen molar-refractivity contribution >= 4 is 11.4 Å². The summed E-state index contributed by atoms with van der Waals surface area (Å²) in [5.41, 5.74) is 4.71. The molecule has 0 aliphatic carbocycles. The molecule has 3 aromatic carbocycles. The summed E-state index contributed by atoms with van der Waals surface area (Å²) < 4.78 is 0. The zero-order valence-corrected chi connectivity index (χ0v) is 15.6. The van der Waals surface area contributed by atoms with Crippen LogP contribution in [0.2, 0.25) is 0 Å². The van der Waals surface area contributed by atoms with Crippen molar-refractivity contribution in [1.29, 1.82) is 0 Å². The van der Waals surface area contributed by atoms with E-state index in [9.17, 15) is 0 Å². The van der Waals surface area contributed by atoms with E-state index in [0.29, 0.717) is 12.3 Å². The number of hydrogen-bond donors (Lipinski definition) is 0. The van der Waals surface area contributed by atoms with Gasteiger partial charge in [0, 0.05) is 30.9 Å². The van der Waals surface area contributed by atoms with E-state index in [1.54, 1.807) is 0 Å². The van der Waals surface area contributed by atoms with Crippen molar-refractivity contribution in [3.8, 4) is 11.8 Å². The fourth-order valence-electron chi connectivity index (χ4n) is 2.46. The smallest absolute Gasteiger partial charge is 0.160 e. The molecule has 0 fully saturated rings. The van der Waals surface area contributed by atoms with Gasteiger partial charge in [0.2, 0.25) is 0 Å². The quantitative estimate of drug-likeness (QED) is 0.376. The first kappa shape index (κ1) is 18.3. The van der Waals surface area contributed by atoms with Crippen LogP contribution in [0.3, 0.4) is 0 Å². The first-order valence-electron chi connectivity index (χ1n) is 8.81. The summed E-state index contributed by atoms with van der Waals surface area (Å²) in [6.07, 6.45) is 0. The van der Waals surface area contributed by atoms with Crippen molar-refractivity contribution in [2.75, 3.05) is 19.0 Å². The number of nitrogens with zero attached hydrogens (tertiary/aromatic N) is 2. The Hall–Kier alpha value is -3.51. The predicted molar refractivity (Wildman–Crippen MR) is 112 cm³/mol. The zero-order chi connectivity index (χ0) is 18.9. The molecule has 134 valence electrons. The maximum Gasteiger partial charge on any atom is 0.160 e. The van der Waals surface area contributed by atoms with E-state index >= 15 is 0 Å². The molecule has 27 heavy (non-hydrogen) atoms. The summed E-state index contributed by atoms with van der Waals surface area (Å²) in [6.45, 7) is 0.400. The molecule has 0 aliphatic heterocycles. The minimum atomic E-state index is 0.400. The monoisotopic (exact) mass is 354 g/mol. The molecule has 0 heterocycles. The SMILES string of the molecule is CN(C)c1ccc(CO/N=C(/C#Cc2ccccc2)c2ccccc2)cc1. The molecule has 0 bridgehead atoms. The van der Waals surface area contributed by atoms with Crippen LogP contribution in [-0.2, 0) is 11.4 Å². The lowest BCUT2D eigenvalue weighted by Gasteiger charge is -2.12. The Morgan fingerprint density at radius 2 is 1.48 bits per heavy atom. The Morgan fingerprint density at radius 3 is 2.11 bits per heavy atom. The van der Waals surface area contributed by atoms with Crippen LogP contribution in [0, 0.1) is 11.8 Å². The Morgan fingerprint density at radius 1 is 0.852 bits per heavy atom. The topological polar surface area (TPSA) is 24.8 Å². The summed E-state index contributed by atoms with van der Waals surface area (Å²) in [7, 11) is 4.04. The van der Waals surface area contributed by atoms with E-state index in [1.807, 2.05) is 86.9 Å². The highest BCUT2D eigenvalue weighted by molar-refractivity contribution is 6.12. The number of rotatable bonds is 5. The highest BCUT2D eigenvalue weighted by Gasteiger charge is 2.01. The van der Waals surface area contributed by atoms with Gasteiger partial charge in [0.05, 0.1) is 0 Å². The fraction of sp³-hybridized carbons (Fsp3) is 0.125. The maximum absolute atomic E-state index is 5.60. The third-order valence-electron chi connectivity index (χ3n) is 3.99. The van der Waals surface area contributed by atoms with Crippen LogP contribution in [0.5, 0.6) is 0 Å². The Labute approximate surface area is 160 Å². The fourth-order valence-corrected chi connectivity index (χ4v) is 2.46. The molecule has 0 saturated carbocycles. The highest BCUT2D eigenvalue weighted by atomic mass is 16.6. The van der Waals surface area contributed by atoms with Crippen LogP contribution in [0.1, 0.15) is 16.7 Å². The molecule has 0 aliphatic rings. The second-order valence-corrected chi connectivity index (χ2v) is 6.26. The highest BCUT2D eigenvalue weighted by Crippen LogP contribution is 2.13. The minimum Gasteiger partial charge on any atom is -0.390 e.